The van der Waals surface area contributed by atoms with E-state index in [1.807, 2.05) is 6.92 Å². The van der Waals surface area contributed by atoms with Crippen molar-refractivity contribution in [2.75, 3.05) is 13.7 Å². The number of carbonyl (C=O) groups is 1. The SMILES string of the molecule is CCN(Cc1nc(COC)no1)C(=O)c1ccncc1Cl. The van der Waals surface area contributed by atoms with Crippen LogP contribution >= 0.6 is 11.6 Å². The molecule has 0 aromatic carbocycles. The van der Waals surface area contributed by atoms with E-state index in [0.717, 1.165) is 0 Å². The van der Waals surface area contributed by atoms with Crippen molar-refractivity contribution in [1.82, 2.24) is 20.0 Å². The standard InChI is InChI=1S/C13H15ClN4O3/c1-3-18(7-12-16-11(8-20-2)17-21-12)13(19)9-4-5-15-6-10(9)14/h4-6H,3,7-8H2,1-2H3. The van der Waals surface area contributed by atoms with Crippen LogP contribution in [0.25, 0.3) is 0 Å². The van der Waals surface area contributed by atoms with Gasteiger partial charge in [-0.05, 0) is 13.0 Å². The number of amides is 1. The number of rotatable bonds is 6. The quantitative estimate of drug-likeness (QED) is 0.811. The molecular weight excluding hydrogens is 296 g/mol. The Morgan fingerprint density at radius 1 is 1.52 bits per heavy atom. The molecule has 0 N–H and O–H groups in total. The van der Waals surface area contributed by atoms with Gasteiger partial charge in [0.05, 0.1) is 10.6 Å². The fourth-order valence-corrected chi connectivity index (χ4v) is 1.95. The lowest BCUT2D eigenvalue weighted by Crippen LogP contribution is -2.30. The number of hydrogen-bond acceptors (Lipinski definition) is 6. The molecule has 8 heteroatoms. The summed E-state index contributed by atoms with van der Waals surface area (Å²) in [6, 6.07) is 1.58. The summed E-state index contributed by atoms with van der Waals surface area (Å²) in [7, 11) is 1.54. The van der Waals surface area contributed by atoms with Crippen LogP contribution in [0.5, 0.6) is 0 Å². The zero-order valence-electron chi connectivity index (χ0n) is 11.7. The number of halogens is 1. The Hall–Kier alpha value is -1.99. The lowest BCUT2D eigenvalue weighted by atomic mass is 10.2. The first-order valence-corrected chi connectivity index (χ1v) is 6.72. The molecule has 112 valence electrons. The number of methoxy groups -OCH3 is 1. The second-order valence-corrected chi connectivity index (χ2v) is 4.62. The van der Waals surface area contributed by atoms with Gasteiger partial charge >= 0.3 is 0 Å². The predicted octanol–water partition coefficient (Wildman–Crippen LogP) is 1.93. The van der Waals surface area contributed by atoms with Gasteiger partial charge in [0, 0.05) is 26.0 Å². The van der Waals surface area contributed by atoms with Crippen molar-refractivity contribution >= 4 is 17.5 Å². The van der Waals surface area contributed by atoms with Crippen LogP contribution in [0.15, 0.2) is 23.0 Å². The molecule has 7 nitrogen and oxygen atoms in total. The Kier molecular flexibility index (Phi) is 5.24. The van der Waals surface area contributed by atoms with E-state index >= 15 is 0 Å². The van der Waals surface area contributed by atoms with Crippen molar-refractivity contribution in [3.63, 3.8) is 0 Å². The minimum Gasteiger partial charge on any atom is -0.377 e. The molecule has 0 aliphatic rings. The highest BCUT2D eigenvalue weighted by Gasteiger charge is 2.19. The van der Waals surface area contributed by atoms with Crippen LogP contribution in [0.2, 0.25) is 5.02 Å². The second-order valence-electron chi connectivity index (χ2n) is 4.21. The highest BCUT2D eigenvalue weighted by atomic mass is 35.5. The monoisotopic (exact) mass is 310 g/mol. The van der Waals surface area contributed by atoms with Gasteiger partial charge in [-0.2, -0.15) is 4.98 Å². The minimum atomic E-state index is -0.212. The minimum absolute atomic E-state index is 0.212. The smallest absolute Gasteiger partial charge is 0.255 e. The third kappa shape index (κ3) is 3.77. The van der Waals surface area contributed by atoms with E-state index in [4.69, 9.17) is 20.9 Å². The summed E-state index contributed by atoms with van der Waals surface area (Å²) in [6.45, 7) is 2.82. The molecular formula is C13H15ClN4O3. The lowest BCUT2D eigenvalue weighted by Gasteiger charge is -2.19. The van der Waals surface area contributed by atoms with Gasteiger partial charge < -0.3 is 14.2 Å². The molecule has 0 saturated heterocycles. The zero-order valence-corrected chi connectivity index (χ0v) is 12.5. The Morgan fingerprint density at radius 2 is 2.33 bits per heavy atom. The van der Waals surface area contributed by atoms with Gasteiger partial charge in [0.15, 0.2) is 5.82 Å². The van der Waals surface area contributed by atoms with Crippen LogP contribution in [0, 0.1) is 0 Å². The van der Waals surface area contributed by atoms with E-state index < -0.39 is 0 Å². The van der Waals surface area contributed by atoms with Crippen molar-refractivity contribution < 1.29 is 14.1 Å². The molecule has 0 aliphatic carbocycles. The van der Waals surface area contributed by atoms with Gasteiger partial charge in [-0.15, -0.1) is 0 Å². The first kappa shape index (κ1) is 15.4. The normalized spacial score (nSPS) is 10.6. The van der Waals surface area contributed by atoms with Gasteiger partial charge in [-0.25, -0.2) is 0 Å². The van der Waals surface area contributed by atoms with Gasteiger partial charge in [0.1, 0.15) is 13.2 Å². The highest BCUT2D eigenvalue weighted by molar-refractivity contribution is 6.33. The van der Waals surface area contributed by atoms with E-state index in [2.05, 4.69) is 15.1 Å². The number of nitrogens with zero attached hydrogens (tertiary/aromatic N) is 4. The van der Waals surface area contributed by atoms with Crippen molar-refractivity contribution in [2.45, 2.75) is 20.1 Å². The van der Waals surface area contributed by atoms with E-state index in [-0.39, 0.29) is 19.1 Å². The lowest BCUT2D eigenvalue weighted by molar-refractivity contribution is 0.0734. The molecule has 0 fully saturated rings. The van der Waals surface area contributed by atoms with Crippen LogP contribution in [-0.4, -0.2) is 39.6 Å². The number of carbonyl (C=O) groups excluding carboxylic acids is 1. The second kappa shape index (κ2) is 7.14. The van der Waals surface area contributed by atoms with Crippen molar-refractivity contribution in [3.05, 3.63) is 40.8 Å². The van der Waals surface area contributed by atoms with Crippen molar-refractivity contribution in [3.8, 4) is 0 Å². The molecule has 0 saturated carbocycles. The summed E-state index contributed by atoms with van der Waals surface area (Å²) in [4.78, 5) is 22.0. The van der Waals surface area contributed by atoms with Crippen LogP contribution in [0.1, 0.15) is 29.0 Å². The topological polar surface area (TPSA) is 81.4 Å². The molecule has 2 heterocycles. The Balaban J connectivity index is 2.12. The molecule has 0 aliphatic heterocycles. The van der Waals surface area contributed by atoms with E-state index in [9.17, 15) is 4.79 Å². The fraction of sp³-hybridized carbons (Fsp3) is 0.385. The highest BCUT2D eigenvalue weighted by Crippen LogP contribution is 2.17. The summed E-state index contributed by atoms with van der Waals surface area (Å²) in [6.07, 6.45) is 2.96. The largest absolute Gasteiger partial charge is 0.377 e. The Bertz CT molecular complexity index is 617. The molecule has 21 heavy (non-hydrogen) atoms. The molecule has 2 aromatic rings. The molecule has 1 amide bonds. The maximum absolute atomic E-state index is 12.4. The first-order chi connectivity index (χ1) is 10.2. The summed E-state index contributed by atoms with van der Waals surface area (Å²) < 4.78 is 10.0. The van der Waals surface area contributed by atoms with Crippen molar-refractivity contribution in [1.29, 1.82) is 0 Å². The maximum Gasteiger partial charge on any atom is 0.255 e. The molecule has 0 spiro atoms. The first-order valence-electron chi connectivity index (χ1n) is 6.34. The molecule has 2 rings (SSSR count). The predicted molar refractivity (Wildman–Crippen MR) is 74.7 cm³/mol. The van der Waals surface area contributed by atoms with E-state index in [0.29, 0.717) is 28.8 Å². The fourth-order valence-electron chi connectivity index (χ4n) is 1.75. The van der Waals surface area contributed by atoms with Crippen LogP contribution in [-0.2, 0) is 17.9 Å². The molecule has 0 atom stereocenters. The van der Waals surface area contributed by atoms with Gasteiger partial charge in [-0.1, -0.05) is 16.8 Å². The van der Waals surface area contributed by atoms with Crippen LogP contribution < -0.4 is 0 Å². The summed E-state index contributed by atoms with van der Waals surface area (Å²) in [5.41, 5.74) is 0.394. The number of aromatic nitrogens is 3. The molecule has 0 bridgehead atoms. The molecule has 0 radical (unpaired) electrons. The Morgan fingerprint density at radius 3 is 3.00 bits per heavy atom. The van der Waals surface area contributed by atoms with E-state index in [1.165, 1.54) is 12.4 Å². The summed E-state index contributed by atoms with van der Waals surface area (Å²) in [5.74, 6) is 0.580. The zero-order chi connectivity index (χ0) is 15.2. The van der Waals surface area contributed by atoms with Crippen LogP contribution in [0.3, 0.4) is 0 Å². The van der Waals surface area contributed by atoms with Gasteiger partial charge in [-0.3, -0.25) is 9.78 Å². The number of pyridine rings is 1. The maximum atomic E-state index is 12.4. The average molecular weight is 311 g/mol. The summed E-state index contributed by atoms with van der Waals surface area (Å²) in [5, 5.41) is 4.07. The number of ether oxygens (including phenoxy) is 1. The molecule has 0 unspecified atom stereocenters. The van der Waals surface area contributed by atoms with Gasteiger partial charge in [0.2, 0.25) is 5.89 Å². The summed E-state index contributed by atoms with van der Waals surface area (Å²) >= 11 is 5.99. The van der Waals surface area contributed by atoms with E-state index in [1.54, 1.807) is 18.1 Å². The van der Waals surface area contributed by atoms with Crippen molar-refractivity contribution in [2.24, 2.45) is 0 Å². The third-order valence-corrected chi connectivity index (χ3v) is 3.08. The number of hydrogen-bond donors (Lipinski definition) is 0. The Labute approximate surface area is 126 Å². The third-order valence-electron chi connectivity index (χ3n) is 2.78. The van der Waals surface area contributed by atoms with Gasteiger partial charge in [0.25, 0.3) is 5.91 Å². The average Bonchev–Trinajstić information content (AvgIpc) is 2.92. The molecule has 2 aromatic heterocycles. The van der Waals surface area contributed by atoms with Crippen LogP contribution in [0.4, 0.5) is 0 Å².